The van der Waals surface area contributed by atoms with Crippen molar-refractivity contribution in [2.24, 2.45) is 0 Å². The molecule has 3 aromatic rings. The molecule has 1 saturated heterocycles. The molecule has 1 fully saturated rings. The number of hydrogen-bond acceptors (Lipinski definition) is 7. The van der Waals surface area contributed by atoms with Crippen LogP contribution in [-0.4, -0.2) is 58.1 Å². The van der Waals surface area contributed by atoms with Crippen LogP contribution in [0.3, 0.4) is 0 Å². The molecule has 1 aromatic carbocycles. The van der Waals surface area contributed by atoms with Crippen LogP contribution in [0.2, 0.25) is 0 Å². The van der Waals surface area contributed by atoms with Crippen molar-refractivity contribution in [3.05, 3.63) is 53.2 Å². The van der Waals surface area contributed by atoms with Crippen molar-refractivity contribution in [1.29, 1.82) is 0 Å². The molecule has 0 saturated carbocycles. The minimum absolute atomic E-state index is 0.0167. The van der Waals surface area contributed by atoms with E-state index in [2.05, 4.69) is 15.0 Å². The number of aryl methyl sites for hydroxylation is 1. The molecule has 1 aliphatic heterocycles. The Morgan fingerprint density at radius 3 is 2.66 bits per heavy atom. The standard InChI is InChI=1S/C21H24N4O3S/c1-15-5-7-17(8-6-15)27-16(2)21(26)25-11-9-24(10-12-25)14-19-22-20(23-28-19)18-4-3-13-29-18/h3-8,13,16H,9-12,14H2,1-2H3/t16-/m0/s1. The summed E-state index contributed by atoms with van der Waals surface area (Å²) in [4.78, 5) is 22.3. The lowest BCUT2D eigenvalue weighted by Crippen LogP contribution is -2.51. The molecule has 0 unspecified atom stereocenters. The first-order valence-corrected chi connectivity index (χ1v) is 10.6. The van der Waals surface area contributed by atoms with Crippen LogP contribution in [0.15, 0.2) is 46.3 Å². The maximum atomic E-state index is 12.7. The molecule has 0 N–H and O–H groups in total. The van der Waals surface area contributed by atoms with Gasteiger partial charge in [0.05, 0.1) is 11.4 Å². The molecule has 3 heterocycles. The van der Waals surface area contributed by atoms with Crippen LogP contribution in [0, 0.1) is 6.92 Å². The quantitative estimate of drug-likeness (QED) is 0.619. The number of carbonyl (C=O) groups excluding carboxylic acids is 1. The van der Waals surface area contributed by atoms with Gasteiger partial charge in [0.25, 0.3) is 5.91 Å². The van der Waals surface area contributed by atoms with Crippen molar-refractivity contribution in [3.63, 3.8) is 0 Å². The Hall–Kier alpha value is -2.71. The molecule has 0 radical (unpaired) electrons. The van der Waals surface area contributed by atoms with Gasteiger partial charge in [-0.05, 0) is 37.4 Å². The van der Waals surface area contributed by atoms with E-state index in [0.717, 1.165) is 23.5 Å². The Balaban J connectivity index is 1.26. The van der Waals surface area contributed by atoms with Gasteiger partial charge in [0, 0.05) is 26.2 Å². The number of hydrogen-bond donors (Lipinski definition) is 0. The zero-order valence-corrected chi connectivity index (χ0v) is 17.4. The highest BCUT2D eigenvalue weighted by Crippen LogP contribution is 2.22. The summed E-state index contributed by atoms with van der Waals surface area (Å²) in [6.07, 6.45) is -0.506. The number of carbonyl (C=O) groups is 1. The summed E-state index contributed by atoms with van der Waals surface area (Å²) in [6, 6.07) is 11.7. The maximum absolute atomic E-state index is 12.7. The molecular weight excluding hydrogens is 388 g/mol. The van der Waals surface area contributed by atoms with Gasteiger partial charge in [-0.15, -0.1) is 11.3 Å². The summed E-state index contributed by atoms with van der Waals surface area (Å²) >= 11 is 1.59. The third kappa shape index (κ3) is 4.83. The van der Waals surface area contributed by atoms with E-state index < -0.39 is 6.10 Å². The van der Waals surface area contributed by atoms with Gasteiger partial charge >= 0.3 is 0 Å². The molecule has 0 aliphatic carbocycles. The molecular formula is C21H24N4O3S. The molecule has 2 aromatic heterocycles. The lowest BCUT2D eigenvalue weighted by molar-refractivity contribution is -0.139. The highest BCUT2D eigenvalue weighted by molar-refractivity contribution is 7.13. The summed E-state index contributed by atoms with van der Waals surface area (Å²) in [7, 11) is 0. The Morgan fingerprint density at radius 2 is 1.97 bits per heavy atom. The topological polar surface area (TPSA) is 71.7 Å². The Kier molecular flexibility index (Phi) is 5.92. The Bertz CT molecular complexity index is 931. The van der Waals surface area contributed by atoms with E-state index in [1.54, 1.807) is 18.3 Å². The third-order valence-corrected chi connectivity index (χ3v) is 5.80. The van der Waals surface area contributed by atoms with Gasteiger partial charge in [-0.1, -0.05) is 28.9 Å². The van der Waals surface area contributed by atoms with Crippen molar-refractivity contribution in [2.75, 3.05) is 26.2 Å². The Morgan fingerprint density at radius 1 is 1.21 bits per heavy atom. The monoisotopic (exact) mass is 412 g/mol. The fourth-order valence-corrected chi connectivity index (χ4v) is 3.92. The number of thiophene rings is 1. The second-order valence-corrected chi connectivity index (χ2v) is 8.11. The van der Waals surface area contributed by atoms with E-state index in [-0.39, 0.29) is 5.91 Å². The largest absolute Gasteiger partial charge is 0.481 e. The number of rotatable bonds is 6. The summed E-state index contributed by atoms with van der Waals surface area (Å²) in [6.45, 7) is 7.27. The molecule has 0 bridgehead atoms. The van der Waals surface area contributed by atoms with E-state index in [4.69, 9.17) is 9.26 Å². The van der Waals surface area contributed by atoms with Crippen LogP contribution in [0.4, 0.5) is 0 Å². The SMILES string of the molecule is Cc1ccc(O[C@@H](C)C(=O)N2CCN(Cc3nc(-c4cccs4)no3)CC2)cc1. The Labute approximate surface area is 173 Å². The number of ether oxygens (including phenoxy) is 1. The van der Waals surface area contributed by atoms with Crippen LogP contribution in [0.5, 0.6) is 5.75 Å². The molecule has 1 amide bonds. The van der Waals surface area contributed by atoms with Crippen LogP contribution < -0.4 is 4.74 Å². The molecule has 4 rings (SSSR count). The number of benzene rings is 1. The average Bonchev–Trinajstić information content (AvgIpc) is 3.41. The second-order valence-electron chi connectivity index (χ2n) is 7.16. The molecule has 0 spiro atoms. The average molecular weight is 413 g/mol. The van der Waals surface area contributed by atoms with E-state index >= 15 is 0 Å². The van der Waals surface area contributed by atoms with Crippen molar-refractivity contribution >= 4 is 17.2 Å². The van der Waals surface area contributed by atoms with Gasteiger partial charge in [0.2, 0.25) is 11.7 Å². The van der Waals surface area contributed by atoms with Crippen LogP contribution >= 0.6 is 11.3 Å². The van der Waals surface area contributed by atoms with Crippen molar-refractivity contribution < 1.29 is 14.1 Å². The highest BCUT2D eigenvalue weighted by Gasteiger charge is 2.27. The van der Waals surface area contributed by atoms with Gasteiger partial charge in [0.15, 0.2) is 6.10 Å². The number of nitrogens with zero attached hydrogens (tertiary/aromatic N) is 4. The lowest BCUT2D eigenvalue weighted by atomic mass is 10.2. The first-order chi connectivity index (χ1) is 14.1. The van der Waals surface area contributed by atoms with Crippen molar-refractivity contribution in [1.82, 2.24) is 19.9 Å². The molecule has 8 heteroatoms. The van der Waals surface area contributed by atoms with E-state index in [9.17, 15) is 4.79 Å². The first kappa shape index (κ1) is 19.6. The first-order valence-electron chi connectivity index (χ1n) is 9.69. The van der Waals surface area contributed by atoms with Crippen molar-refractivity contribution in [3.8, 4) is 16.5 Å². The minimum atomic E-state index is -0.506. The van der Waals surface area contributed by atoms with E-state index in [0.29, 0.717) is 37.1 Å². The summed E-state index contributed by atoms with van der Waals surface area (Å²) in [5.41, 5.74) is 1.16. The summed E-state index contributed by atoms with van der Waals surface area (Å²) in [5.74, 6) is 1.96. The minimum Gasteiger partial charge on any atom is -0.481 e. The van der Waals surface area contributed by atoms with Gasteiger partial charge in [-0.2, -0.15) is 4.98 Å². The predicted molar refractivity (Wildman–Crippen MR) is 111 cm³/mol. The van der Waals surface area contributed by atoms with E-state index in [1.165, 1.54) is 0 Å². The molecule has 1 aliphatic rings. The second kappa shape index (κ2) is 8.75. The van der Waals surface area contributed by atoms with Crippen LogP contribution in [-0.2, 0) is 11.3 Å². The number of amides is 1. The van der Waals surface area contributed by atoms with E-state index in [1.807, 2.05) is 53.6 Å². The van der Waals surface area contributed by atoms with Crippen molar-refractivity contribution in [2.45, 2.75) is 26.5 Å². The van der Waals surface area contributed by atoms with Crippen LogP contribution in [0.25, 0.3) is 10.7 Å². The van der Waals surface area contributed by atoms with Gasteiger partial charge < -0.3 is 14.2 Å². The smallest absolute Gasteiger partial charge is 0.263 e. The van der Waals surface area contributed by atoms with Crippen LogP contribution in [0.1, 0.15) is 18.4 Å². The summed E-state index contributed by atoms with van der Waals surface area (Å²) < 4.78 is 11.2. The third-order valence-electron chi connectivity index (χ3n) is 4.93. The maximum Gasteiger partial charge on any atom is 0.263 e. The number of aromatic nitrogens is 2. The zero-order chi connectivity index (χ0) is 20.2. The predicted octanol–water partition coefficient (Wildman–Crippen LogP) is 3.22. The molecule has 29 heavy (non-hydrogen) atoms. The summed E-state index contributed by atoms with van der Waals surface area (Å²) in [5, 5.41) is 6.04. The molecule has 7 nitrogen and oxygen atoms in total. The highest BCUT2D eigenvalue weighted by atomic mass is 32.1. The van der Waals surface area contributed by atoms with Gasteiger partial charge in [0.1, 0.15) is 5.75 Å². The lowest BCUT2D eigenvalue weighted by Gasteiger charge is -2.35. The molecule has 1 atom stereocenters. The molecule has 152 valence electrons. The number of piperazine rings is 1. The normalized spacial score (nSPS) is 16.0. The zero-order valence-electron chi connectivity index (χ0n) is 16.6. The fourth-order valence-electron chi connectivity index (χ4n) is 3.27. The van der Waals surface area contributed by atoms with Gasteiger partial charge in [-0.25, -0.2) is 0 Å². The van der Waals surface area contributed by atoms with Gasteiger partial charge in [-0.3, -0.25) is 9.69 Å². The fraction of sp³-hybridized carbons (Fsp3) is 0.381.